The number of aliphatic hydroxyl groups excluding tert-OH is 1. The Kier molecular flexibility index (Phi) is 2.82. The van der Waals surface area contributed by atoms with Gasteiger partial charge in [0.15, 0.2) is 11.5 Å². The first kappa shape index (κ1) is 10.3. The number of rotatable bonds is 2. The number of fused-ring (bicyclic) bond motifs is 1. The van der Waals surface area contributed by atoms with E-state index in [2.05, 4.69) is 0 Å². The summed E-state index contributed by atoms with van der Waals surface area (Å²) in [6, 6.07) is 3.96. The predicted molar refractivity (Wildman–Crippen MR) is 57.7 cm³/mol. The van der Waals surface area contributed by atoms with Crippen LogP contribution in [0.1, 0.15) is 24.0 Å². The predicted octanol–water partition coefficient (Wildman–Crippen LogP) is 1.86. The molecule has 0 radical (unpaired) electrons. The van der Waals surface area contributed by atoms with Gasteiger partial charge in [0.25, 0.3) is 0 Å². The van der Waals surface area contributed by atoms with Crippen molar-refractivity contribution in [3.63, 3.8) is 0 Å². The Morgan fingerprint density at radius 1 is 1.27 bits per heavy atom. The van der Waals surface area contributed by atoms with E-state index in [0.717, 1.165) is 22.6 Å². The Labute approximate surface area is 89.6 Å². The Morgan fingerprint density at radius 2 is 1.87 bits per heavy atom. The van der Waals surface area contributed by atoms with Crippen LogP contribution in [0.5, 0.6) is 11.5 Å². The zero-order valence-corrected chi connectivity index (χ0v) is 9.12. The fourth-order valence-corrected chi connectivity index (χ4v) is 1.84. The van der Waals surface area contributed by atoms with E-state index in [9.17, 15) is 0 Å². The van der Waals surface area contributed by atoms with Crippen LogP contribution in [0.15, 0.2) is 12.1 Å². The molecular formula is C12H16O3. The van der Waals surface area contributed by atoms with Crippen LogP contribution in [0, 0.1) is 6.92 Å². The molecule has 1 aliphatic rings. The quantitative estimate of drug-likeness (QED) is 0.806. The zero-order valence-electron chi connectivity index (χ0n) is 9.12. The molecule has 0 amide bonds. The van der Waals surface area contributed by atoms with Crippen LogP contribution in [0.25, 0.3) is 0 Å². The number of hydrogen-bond acceptors (Lipinski definition) is 3. The van der Waals surface area contributed by atoms with Gasteiger partial charge in [-0.1, -0.05) is 6.92 Å². The molecule has 1 aromatic rings. The molecule has 0 saturated heterocycles. The van der Waals surface area contributed by atoms with Crippen molar-refractivity contribution in [3.05, 3.63) is 23.3 Å². The second-order valence-electron chi connectivity index (χ2n) is 3.94. The number of ether oxygens (including phenoxy) is 2. The van der Waals surface area contributed by atoms with Gasteiger partial charge in [0.1, 0.15) is 13.2 Å². The highest BCUT2D eigenvalue weighted by Gasteiger charge is 2.16. The topological polar surface area (TPSA) is 38.7 Å². The summed E-state index contributed by atoms with van der Waals surface area (Å²) in [4.78, 5) is 0. The lowest BCUT2D eigenvalue weighted by Crippen LogP contribution is -2.16. The van der Waals surface area contributed by atoms with Crippen molar-refractivity contribution in [2.75, 3.05) is 19.8 Å². The zero-order chi connectivity index (χ0) is 10.8. The Balaban J connectivity index is 2.40. The van der Waals surface area contributed by atoms with E-state index in [1.807, 2.05) is 26.0 Å². The minimum absolute atomic E-state index is 0.140. The van der Waals surface area contributed by atoms with Crippen LogP contribution in [-0.2, 0) is 0 Å². The van der Waals surface area contributed by atoms with Gasteiger partial charge in [-0.2, -0.15) is 0 Å². The van der Waals surface area contributed by atoms with E-state index in [0.29, 0.717) is 13.2 Å². The second kappa shape index (κ2) is 4.11. The minimum atomic E-state index is 0.140. The maximum Gasteiger partial charge on any atom is 0.161 e. The summed E-state index contributed by atoms with van der Waals surface area (Å²) in [7, 11) is 0. The molecule has 15 heavy (non-hydrogen) atoms. The third-order valence-corrected chi connectivity index (χ3v) is 2.74. The first-order chi connectivity index (χ1) is 7.22. The standard InChI is InChI=1S/C12H16O3/c1-8-5-11-12(15-4-3-14-11)6-10(8)9(2)7-13/h5-6,9,13H,3-4,7H2,1-2H3. The van der Waals surface area contributed by atoms with E-state index in [4.69, 9.17) is 14.6 Å². The van der Waals surface area contributed by atoms with Crippen LogP contribution in [0.3, 0.4) is 0 Å². The Morgan fingerprint density at radius 3 is 2.47 bits per heavy atom. The molecule has 0 bridgehead atoms. The third kappa shape index (κ3) is 1.92. The minimum Gasteiger partial charge on any atom is -0.486 e. The molecule has 1 aromatic carbocycles. The average Bonchev–Trinajstić information content (AvgIpc) is 2.27. The summed E-state index contributed by atoms with van der Waals surface area (Å²) in [5.41, 5.74) is 2.27. The number of aryl methyl sites for hydroxylation is 1. The lowest BCUT2D eigenvalue weighted by Gasteiger charge is -2.21. The van der Waals surface area contributed by atoms with Gasteiger partial charge in [0.2, 0.25) is 0 Å². The lowest BCUT2D eigenvalue weighted by molar-refractivity contribution is 0.171. The molecule has 0 spiro atoms. The molecule has 0 saturated carbocycles. The van der Waals surface area contributed by atoms with E-state index in [1.54, 1.807) is 0 Å². The van der Waals surface area contributed by atoms with Crippen LogP contribution >= 0.6 is 0 Å². The molecule has 3 heteroatoms. The van der Waals surface area contributed by atoms with Gasteiger partial charge in [-0.3, -0.25) is 0 Å². The van der Waals surface area contributed by atoms with Crippen LogP contribution in [0.4, 0.5) is 0 Å². The van der Waals surface area contributed by atoms with Gasteiger partial charge in [-0.25, -0.2) is 0 Å². The van der Waals surface area contributed by atoms with Crippen molar-refractivity contribution in [1.29, 1.82) is 0 Å². The SMILES string of the molecule is Cc1cc2c(cc1C(C)CO)OCCO2. The summed E-state index contributed by atoms with van der Waals surface area (Å²) in [6.45, 7) is 5.39. The molecule has 1 unspecified atom stereocenters. The molecule has 1 heterocycles. The normalized spacial score (nSPS) is 16.2. The van der Waals surface area contributed by atoms with E-state index >= 15 is 0 Å². The fraction of sp³-hybridized carbons (Fsp3) is 0.500. The maximum absolute atomic E-state index is 9.14. The highest BCUT2D eigenvalue weighted by atomic mass is 16.6. The first-order valence-corrected chi connectivity index (χ1v) is 5.23. The van der Waals surface area contributed by atoms with Crippen LogP contribution in [-0.4, -0.2) is 24.9 Å². The first-order valence-electron chi connectivity index (χ1n) is 5.23. The fourth-order valence-electron chi connectivity index (χ4n) is 1.84. The smallest absolute Gasteiger partial charge is 0.161 e. The van der Waals surface area contributed by atoms with Crippen molar-refractivity contribution < 1.29 is 14.6 Å². The molecule has 0 fully saturated rings. The molecule has 0 aliphatic carbocycles. The van der Waals surface area contributed by atoms with Gasteiger partial charge in [0, 0.05) is 12.5 Å². The highest BCUT2D eigenvalue weighted by molar-refractivity contribution is 5.48. The summed E-state index contributed by atoms with van der Waals surface area (Å²) in [5, 5.41) is 9.14. The van der Waals surface area contributed by atoms with Gasteiger partial charge < -0.3 is 14.6 Å². The van der Waals surface area contributed by atoms with Gasteiger partial charge in [-0.05, 0) is 30.2 Å². The van der Waals surface area contributed by atoms with Crippen molar-refractivity contribution in [3.8, 4) is 11.5 Å². The largest absolute Gasteiger partial charge is 0.486 e. The van der Waals surface area contributed by atoms with Crippen molar-refractivity contribution in [2.24, 2.45) is 0 Å². The molecule has 2 rings (SSSR count). The van der Waals surface area contributed by atoms with Crippen LogP contribution in [0.2, 0.25) is 0 Å². The van der Waals surface area contributed by atoms with E-state index < -0.39 is 0 Å². The third-order valence-electron chi connectivity index (χ3n) is 2.74. The Hall–Kier alpha value is -1.22. The highest BCUT2D eigenvalue weighted by Crippen LogP contribution is 2.35. The molecule has 1 aliphatic heterocycles. The number of aliphatic hydroxyl groups is 1. The maximum atomic E-state index is 9.14. The summed E-state index contributed by atoms with van der Waals surface area (Å²) >= 11 is 0. The van der Waals surface area contributed by atoms with Crippen molar-refractivity contribution in [1.82, 2.24) is 0 Å². The number of benzene rings is 1. The molecule has 0 aromatic heterocycles. The molecule has 82 valence electrons. The van der Waals surface area contributed by atoms with Gasteiger partial charge in [0.05, 0.1) is 0 Å². The van der Waals surface area contributed by atoms with Crippen molar-refractivity contribution >= 4 is 0 Å². The number of hydrogen-bond donors (Lipinski definition) is 1. The van der Waals surface area contributed by atoms with Gasteiger partial charge >= 0.3 is 0 Å². The molecular weight excluding hydrogens is 192 g/mol. The Bertz CT molecular complexity index is 360. The second-order valence-corrected chi connectivity index (χ2v) is 3.94. The summed E-state index contributed by atoms with van der Waals surface area (Å²) in [6.07, 6.45) is 0. The van der Waals surface area contributed by atoms with E-state index in [-0.39, 0.29) is 12.5 Å². The van der Waals surface area contributed by atoms with E-state index in [1.165, 1.54) is 0 Å². The lowest BCUT2D eigenvalue weighted by atomic mass is 9.96. The van der Waals surface area contributed by atoms with Crippen LogP contribution < -0.4 is 9.47 Å². The summed E-state index contributed by atoms with van der Waals surface area (Å²) in [5.74, 6) is 1.75. The molecule has 1 atom stereocenters. The van der Waals surface area contributed by atoms with Crippen molar-refractivity contribution in [2.45, 2.75) is 19.8 Å². The van der Waals surface area contributed by atoms with Gasteiger partial charge in [-0.15, -0.1) is 0 Å². The monoisotopic (exact) mass is 208 g/mol. The molecule has 1 N–H and O–H groups in total. The average molecular weight is 208 g/mol. The molecule has 3 nitrogen and oxygen atoms in total. The summed E-state index contributed by atoms with van der Waals surface area (Å²) < 4.78 is 11.0.